The maximum absolute atomic E-state index is 12.5. The molecule has 1 aromatic heterocycles. The summed E-state index contributed by atoms with van der Waals surface area (Å²) in [5, 5.41) is 15.6. The summed E-state index contributed by atoms with van der Waals surface area (Å²) < 4.78 is 0. The molecule has 31 heavy (non-hydrogen) atoms. The molecule has 1 aliphatic rings. The van der Waals surface area contributed by atoms with Crippen LogP contribution in [-0.2, 0) is 17.9 Å². The van der Waals surface area contributed by atoms with Crippen molar-refractivity contribution in [2.75, 3.05) is 18.4 Å². The molecule has 1 saturated heterocycles. The molecule has 7 nitrogen and oxygen atoms in total. The minimum Gasteiger partial charge on any atom is -0.324 e. The van der Waals surface area contributed by atoms with Crippen LogP contribution in [0.5, 0.6) is 0 Å². The zero-order valence-corrected chi connectivity index (χ0v) is 18.6. The van der Waals surface area contributed by atoms with E-state index in [9.17, 15) is 4.79 Å². The number of carbonyl (C=O) groups excluding carboxylic acids is 1. The van der Waals surface area contributed by atoms with Crippen molar-refractivity contribution in [2.45, 2.75) is 53.1 Å². The fraction of sp³-hybridized carbons (Fsp3) is 0.417. The van der Waals surface area contributed by atoms with Crippen LogP contribution in [0.1, 0.15) is 41.5 Å². The summed E-state index contributed by atoms with van der Waals surface area (Å²) in [6.07, 6.45) is 3.93. The van der Waals surface area contributed by atoms with Gasteiger partial charge in [0, 0.05) is 17.8 Å². The molecular weight excluding hydrogens is 388 g/mol. The van der Waals surface area contributed by atoms with Gasteiger partial charge in [0.1, 0.15) is 6.54 Å². The largest absolute Gasteiger partial charge is 0.324 e. The predicted octanol–water partition coefficient (Wildman–Crippen LogP) is 3.89. The number of rotatable bonds is 6. The number of piperidine rings is 1. The number of aromatic nitrogens is 4. The number of aryl methyl sites for hydroxylation is 3. The second kappa shape index (κ2) is 9.39. The number of nitrogens with zero attached hydrogens (tertiary/aromatic N) is 5. The third kappa shape index (κ3) is 5.35. The molecule has 2 heterocycles. The average Bonchev–Trinajstić information content (AvgIpc) is 3.20. The molecule has 3 aromatic rings. The smallest absolute Gasteiger partial charge is 0.248 e. The van der Waals surface area contributed by atoms with Crippen molar-refractivity contribution < 1.29 is 4.79 Å². The van der Waals surface area contributed by atoms with Crippen LogP contribution >= 0.6 is 0 Å². The topological polar surface area (TPSA) is 75.9 Å². The first-order valence-electron chi connectivity index (χ1n) is 10.9. The standard InChI is InChI=1S/C24H30N6O/c1-17-13-18(2)23(19(3)14-17)25-22(31)16-30-27-24(26-28-30)21-9-7-20(8-10-21)15-29-11-5-4-6-12-29/h7-10,13-14H,4-6,11-12,15-16H2,1-3H3,(H,25,31). The highest BCUT2D eigenvalue weighted by Gasteiger charge is 2.13. The van der Waals surface area contributed by atoms with Gasteiger partial charge in [-0.2, -0.15) is 4.80 Å². The Morgan fingerprint density at radius 2 is 1.68 bits per heavy atom. The van der Waals surface area contributed by atoms with Crippen LogP contribution in [0.3, 0.4) is 0 Å². The van der Waals surface area contributed by atoms with E-state index in [1.165, 1.54) is 48.3 Å². The van der Waals surface area contributed by atoms with E-state index in [1.54, 1.807) is 0 Å². The third-order valence-electron chi connectivity index (χ3n) is 5.75. The highest BCUT2D eigenvalue weighted by Crippen LogP contribution is 2.22. The number of anilines is 1. The van der Waals surface area contributed by atoms with E-state index in [2.05, 4.69) is 49.9 Å². The van der Waals surface area contributed by atoms with Crippen molar-refractivity contribution in [1.29, 1.82) is 0 Å². The van der Waals surface area contributed by atoms with Gasteiger partial charge in [-0.1, -0.05) is 48.4 Å². The fourth-order valence-electron chi connectivity index (χ4n) is 4.25. The Morgan fingerprint density at radius 3 is 2.35 bits per heavy atom. The maximum atomic E-state index is 12.5. The van der Waals surface area contributed by atoms with Crippen molar-refractivity contribution in [1.82, 2.24) is 25.1 Å². The van der Waals surface area contributed by atoms with Crippen LogP contribution in [-0.4, -0.2) is 44.1 Å². The third-order valence-corrected chi connectivity index (χ3v) is 5.75. The molecule has 0 bridgehead atoms. The molecule has 0 spiro atoms. The zero-order valence-electron chi connectivity index (χ0n) is 18.6. The molecule has 0 aliphatic carbocycles. The van der Waals surface area contributed by atoms with Gasteiger partial charge in [0.05, 0.1) is 0 Å². The van der Waals surface area contributed by atoms with Gasteiger partial charge in [-0.15, -0.1) is 10.2 Å². The monoisotopic (exact) mass is 418 g/mol. The number of amides is 1. The SMILES string of the molecule is Cc1cc(C)c(NC(=O)Cn2nnc(-c3ccc(CN4CCCCC4)cc3)n2)c(C)c1. The van der Waals surface area contributed by atoms with Crippen LogP contribution in [0, 0.1) is 20.8 Å². The van der Waals surface area contributed by atoms with Gasteiger partial charge in [0.25, 0.3) is 0 Å². The van der Waals surface area contributed by atoms with Gasteiger partial charge in [0.15, 0.2) is 0 Å². The van der Waals surface area contributed by atoms with Crippen molar-refractivity contribution >= 4 is 11.6 Å². The fourth-order valence-corrected chi connectivity index (χ4v) is 4.25. The number of nitrogens with one attached hydrogen (secondary N) is 1. The van der Waals surface area contributed by atoms with E-state index < -0.39 is 0 Å². The van der Waals surface area contributed by atoms with Crippen LogP contribution < -0.4 is 5.32 Å². The van der Waals surface area contributed by atoms with Gasteiger partial charge in [-0.05, 0) is 68.6 Å². The predicted molar refractivity (Wildman–Crippen MR) is 122 cm³/mol. The Hall–Kier alpha value is -3.06. The van der Waals surface area contributed by atoms with Crippen LogP contribution in [0.4, 0.5) is 5.69 Å². The first-order chi connectivity index (χ1) is 15.0. The molecule has 1 aliphatic heterocycles. The molecular formula is C24H30N6O. The highest BCUT2D eigenvalue weighted by molar-refractivity contribution is 5.92. The van der Waals surface area contributed by atoms with E-state index >= 15 is 0 Å². The van der Waals surface area contributed by atoms with E-state index in [1.807, 2.05) is 32.9 Å². The van der Waals surface area contributed by atoms with Gasteiger partial charge < -0.3 is 5.32 Å². The highest BCUT2D eigenvalue weighted by atomic mass is 16.2. The van der Waals surface area contributed by atoms with Crippen LogP contribution in [0.25, 0.3) is 11.4 Å². The zero-order chi connectivity index (χ0) is 21.8. The molecule has 0 radical (unpaired) electrons. The van der Waals surface area contributed by atoms with E-state index in [0.29, 0.717) is 5.82 Å². The Balaban J connectivity index is 1.37. The Kier molecular flexibility index (Phi) is 6.42. The number of hydrogen-bond donors (Lipinski definition) is 1. The normalized spacial score (nSPS) is 14.5. The van der Waals surface area contributed by atoms with Gasteiger partial charge >= 0.3 is 0 Å². The molecule has 4 rings (SSSR count). The molecule has 7 heteroatoms. The summed E-state index contributed by atoms with van der Waals surface area (Å²) in [6.45, 7) is 9.41. The second-order valence-electron chi connectivity index (χ2n) is 8.50. The number of likely N-dealkylation sites (tertiary alicyclic amines) is 1. The first-order valence-corrected chi connectivity index (χ1v) is 10.9. The lowest BCUT2D eigenvalue weighted by molar-refractivity contribution is -0.117. The quantitative estimate of drug-likeness (QED) is 0.657. The lowest BCUT2D eigenvalue weighted by Crippen LogP contribution is -2.28. The number of benzene rings is 2. The van der Waals surface area contributed by atoms with Gasteiger partial charge in [0.2, 0.25) is 11.7 Å². The molecule has 162 valence electrons. The number of carbonyl (C=O) groups is 1. The lowest BCUT2D eigenvalue weighted by atomic mass is 10.1. The summed E-state index contributed by atoms with van der Waals surface area (Å²) in [7, 11) is 0. The van der Waals surface area contributed by atoms with E-state index in [-0.39, 0.29) is 12.5 Å². The van der Waals surface area contributed by atoms with Gasteiger partial charge in [-0.3, -0.25) is 9.69 Å². The minimum absolute atomic E-state index is 0.0206. The Morgan fingerprint density at radius 1 is 1.00 bits per heavy atom. The second-order valence-corrected chi connectivity index (χ2v) is 8.50. The maximum Gasteiger partial charge on any atom is 0.248 e. The Bertz CT molecular complexity index is 1030. The molecule has 2 aromatic carbocycles. The van der Waals surface area contributed by atoms with E-state index in [0.717, 1.165) is 28.9 Å². The number of tetrazole rings is 1. The van der Waals surface area contributed by atoms with Crippen molar-refractivity contribution in [2.24, 2.45) is 0 Å². The molecule has 0 saturated carbocycles. The van der Waals surface area contributed by atoms with Crippen molar-refractivity contribution in [3.8, 4) is 11.4 Å². The molecule has 1 fully saturated rings. The minimum atomic E-state index is -0.170. The van der Waals surface area contributed by atoms with Crippen LogP contribution in [0.2, 0.25) is 0 Å². The van der Waals surface area contributed by atoms with Crippen molar-refractivity contribution in [3.05, 3.63) is 58.7 Å². The molecule has 1 N–H and O–H groups in total. The first kappa shape index (κ1) is 21.2. The van der Waals surface area contributed by atoms with Gasteiger partial charge in [-0.25, -0.2) is 0 Å². The summed E-state index contributed by atoms with van der Waals surface area (Å²) >= 11 is 0. The molecule has 0 atom stereocenters. The van der Waals surface area contributed by atoms with E-state index in [4.69, 9.17) is 0 Å². The lowest BCUT2D eigenvalue weighted by Gasteiger charge is -2.26. The summed E-state index contributed by atoms with van der Waals surface area (Å²) in [5.74, 6) is 0.357. The summed E-state index contributed by atoms with van der Waals surface area (Å²) in [4.78, 5) is 16.3. The van der Waals surface area contributed by atoms with Crippen LogP contribution in [0.15, 0.2) is 36.4 Å². The Labute approximate surface area is 183 Å². The molecule has 1 amide bonds. The summed E-state index contributed by atoms with van der Waals surface area (Å²) in [6, 6.07) is 12.4. The van der Waals surface area contributed by atoms with Crippen molar-refractivity contribution in [3.63, 3.8) is 0 Å². The number of hydrogen-bond acceptors (Lipinski definition) is 5. The summed E-state index contributed by atoms with van der Waals surface area (Å²) in [5.41, 5.74) is 6.31. The average molecular weight is 419 g/mol. The molecule has 0 unspecified atom stereocenters.